The second-order valence-corrected chi connectivity index (χ2v) is 8.93. The van der Waals surface area contributed by atoms with Crippen LogP contribution in [0.1, 0.15) is 52.7 Å². The fraction of sp³-hybridized carbons (Fsp3) is 0.750. The standard InChI is InChI=1S/C20H33N3O2/c1-14-6-7-16(12-21-14)25-18-13-24-9-8-17(18)22-15-10-19(2,3)23-20(4,5)11-15/h6-7,12,15,17-18,22-23H,8-11,13H2,1-5H3/t17-,18+/m0/s1. The quantitative estimate of drug-likeness (QED) is 0.877. The molecule has 5 heteroatoms. The fourth-order valence-corrected chi connectivity index (χ4v) is 4.46. The molecule has 2 fully saturated rings. The zero-order valence-corrected chi connectivity index (χ0v) is 16.3. The Morgan fingerprint density at radius 2 is 1.92 bits per heavy atom. The van der Waals surface area contributed by atoms with Crippen molar-refractivity contribution >= 4 is 0 Å². The van der Waals surface area contributed by atoms with Crippen molar-refractivity contribution in [1.29, 1.82) is 0 Å². The maximum Gasteiger partial charge on any atom is 0.138 e. The van der Waals surface area contributed by atoms with Gasteiger partial charge in [-0.05, 0) is 66.0 Å². The molecule has 0 amide bonds. The van der Waals surface area contributed by atoms with Crippen molar-refractivity contribution in [2.45, 2.75) is 83.1 Å². The molecule has 5 nitrogen and oxygen atoms in total. The molecule has 140 valence electrons. The first-order valence-electron chi connectivity index (χ1n) is 9.45. The van der Waals surface area contributed by atoms with Crippen LogP contribution in [0, 0.1) is 6.92 Å². The van der Waals surface area contributed by atoms with Crippen LogP contribution in [-0.4, -0.2) is 47.5 Å². The number of rotatable bonds is 4. The Hall–Kier alpha value is -1.17. The Kier molecular flexibility index (Phi) is 5.37. The number of hydrogen-bond acceptors (Lipinski definition) is 5. The molecule has 0 unspecified atom stereocenters. The summed E-state index contributed by atoms with van der Waals surface area (Å²) in [6.45, 7) is 12.6. The highest BCUT2D eigenvalue weighted by atomic mass is 16.5. The monoisotopic (exact) mass is 347 g/mol. The molecular weight excluding hydrogens is 314 g/mol. The van der Waals surface area contributed by atoms with Crippen LogP contribution in [0.3, 0.4) is 0 Å². The van der Waals surface area contributed by atoms with E-state index >= 15 is 0 Å². The molecule has 2 aliphatic rings. The summed E-state index contributed by atoms with van der Waals surface area (Å²) in [6, 6.07) is 4.77. The molecule has 0 spiro atoms. The summed E-state index contributed by atoms with van der Waals surface area (Å²) in [7, 11) is 0. The lowest BCUT2D eigenvalue weighted by Gasteiger charge is -2.48. The molecular formula is C20H33N3O2. The van der Waals surface area contributed by atoms with Crippen molar-refractivity contribution in [3.05, 3.63) is 24.0 Å². The minimum absolute atomic E-state index is 0.0272. The van der Waals surface area contributed by atoms with Gasteiger partial charge in [-0.2, -0.15) is 0 Å². The molecule has 2 saturated heterocycles. The Balaban J connectivity index is 1.65. The normalized spacial score (nSPS) is 29.3. The van der Waals surface area contributed by atoms with Crippen molar-refractivity contribution in [3.8, 4) is 5.75 Å². The van der Waals surface area contributed by atoms with Crippen LogP contribution in [-0.2, 0) is 4.74 Å². The SMILES string of the molecule is Cc1ccc(O[C@@H]2COCC[C@@H]2NC2CC(C)(C)NC(C)(C)C2)cn1. The highest BCUT2D eigenvalue weighted by molar-refractivity contribution is 5.19. The molecule has 2 atom stereocenters. The number of ether oxygens (including phenoxy) is 2. The lowest BCUT2D eigenvalue weighted by atomic mass is 9.79. The Bertz CT molecular complexity index is 555. The van der Waals surface area contributed by atoms with Gasteiger partial charge < -0.3 is 20.1 Å². The van der Waals surface area contributed by atoms with E-state index in [2.05, 4.69) is 43.3 Å². The van der Waals surface area contributed by atoms with E-state index < -0.39 is 0 Å². The number of nitrogens with zero attached hydrogens (tertiary/aromatic N) is 1. The fourth-order valence-electron chi connectivity index (χ4n) is 4.46. The topological polar surface area (TPSA) is 55.4 Å². The lowest BCUT2D eigenvalue weighted by molar-refractivity contribution is -0.0217. The number of pyridine rings is 1. The van der Waals surface area contributed by atoms with E-state index in [-0.39, 0.29) is 17.2 Å². The molecule has 3 heterocycles. The molecule has 0 bridgehead atoms. The van der Waals surface area contributed by atoms with Crippen molar-refractivity contribution in [2.24, 2.45) is 0 Å². The van der Waals surface area contributed by atoms with Crippen LogP contribution >= 0.6 is 0 Å². The molecule has 1 aromatic heterocycles. The van der Waals surface area contributed by atoms with Crippen LogP contribution in [0.25, 0.3) is 0 Å². The van der Waals surface area contributed by atoms with Gasteiger partial charge in [0.05, 0.1) is 12.8 Å². The van der Waals surface area contributed by atoms with Crippen LogP contribution in [0.2, 0.25) is 0 Å². The van der Waals surface area contributed by atoms with Gasteiger partial charge in [-0.25, -0.2) is 0 Å². The van der Waals surface area contributed by atoms with E-state index in [1.54, 1.807) is 6.20 Å². The summed E-state index contributed by atoms with van der Waals surface area (Å²) in [5.74, 6) is 0.818. The van der Waals surface area contributed by atoms with Gasteiger partial charge in [0.2, 0.25) is 0 Å². The zero-order valence-electron chi connectivity index (χ0n) is 16.3. The molecule has 0 radical (unpaired) electrons. The first-order valence-corrected chi connectivity index (χ1v) is 9.45. The molecule has 1 aromatic rings. The van der Waals surface area contributed by atoms with Gasteiger partial charge in [-0.3, -0.25) is 4.98 Å². The molecule has 0 saturated carbocycles. The smallest absolute Gasteiger partial charge is 0.138 e. The Morgan fingerprint density at radius 3 is 2.56 bits per heavy atom. The summed E-state index contributed by atoms with van der Waals surface area (Å²) in [5, 5.41) is 7.64. The summed E-state index contributed by atoms with van der Waals surface area (Å²) < 4.78 is 11.9. The number of piperidine rings is 1. The van der Waals surface area contributed by atoms with E-state index in [0.717, 1.165) is 37.3 Å². The van der Waals surface area contributed by atoms with Gasteiger partial charge >= 0.3 is 0 Å². The predicted octanol–water partition coefficient (Wildman–Crippen LogP) is 2.83. The summed E-state index contributed by atoms with van der Waals surface area (Å²) in [6.07, 6.45) is 5.05. The third kappa shape index (κ3) is 5.16. The molecule has 0 aromatic carbocycles. The summed E-state index contributed by atoms with van der Waals surface area (Å²) >= 11 is 0. The van der Waals surface area contributed by atoms with Gasteiger partial charge in [0, 0.05) is 35.5 Å². The second-order valence-electron chi connectivity index (χ2n) is 8.93. The van der Waals surface area contributed by atoms with Crippen LogP contribution < -0.4 is 15.4 Å². The molecule has 3 rings (SSSR count). The number of aromatic nitrogens is 1. The molecule has 25 heavy (non-hydrogen) atoms. The first kappa shape index (κ1) is 18.6. The van der Waals surface area contributed by atoms with Gasteiger partial charge in [-0.1, -0.05) is 0 Å². The average Bonchev–Trinajstić information content (AvgIpc) is 2.48. The van der Waals surface area contributed by atoms with Crippen LogP contribution in [0.15, 0.2) is 18.3 Å². The van der Waals surface area contributed by atoms with Crippen LogP contribution in [0.4, 0.5) is 0 Å². The number of nitrogens with one attached hydrogen (secondary N) is 2. The summed E-state index contributed by atoms with van der Waals surface area (Å²) in [4.78, 5) is 4.33. The predicted molar refractivity (Wildman–Crippen MR) is 100 cm³/mol. The van der Waals surface area contributed by atoms with Gasteiger partial charge in [-0.15, -0.1) is 0 Å². The van der Waals surface area contributed by atoms with Crippen molar-refractivity contribution in [1.82, 2.24) is 15.6 Å². The van der Waals surface area contributed by atoms with Gasteiger partial charge in [0.1, 0.15) is 11.9 Å². The van der Waals surface area contributed by atoms with E-state index in [0.29, 0.717) is 18.7 Å². The second kappa shape index (κ2) is 7.22. The average molecular weight is 348 g/mol. The lowest BCUT2D eigenvalue weighted by Crippen LogP contribution is -2.64. The van der Waals surface area contributed by atoms with Crippen LogP contribution in [0.5, 0.6) is 5.75 Å². The number of hydrogen-bond donors (Lipinski definition) is 2. The highest BCUT2D eigenvalue weighted by Gasteiger charge is 2.39. The van der Waals surface area contributed by atoms with Crippen molar-refractivity contribution in [3.63, 3.8) is 0 Å². The first-order chi connectivity index (χ1) is 11.7. The summed E-state index contributed by atoms with van der Waals surface area (Å²) in [5.41, 5.74) is 1.28. The third-order valence-electron chi connectivity index (χ3n) is 5.12. The van der Waals surface area contributed by atoms with Crippen molar-refractivity contribution in [2.75, 3.05) is 13.2 Å². The molecule has 2 N–H and O–H groups in total. The zero-order chi connectivity index (χ0) is 18.1. The van der Waals surface area contributed by atoms with Gasteiger partial charge in [0.25, 0.3) is 0 Å². The van der Waals surface area contributed by atoms with Gasteiger partial charge in [0.15, 0.2) is 0 Å². The molecule has 2 aliphatic heterocycles. The maximum atomic E-state index is 6.20. The maximum absolute atomic E-state index is 6.20. The molecule has 0 aliphatic carbocycles. The third-order valence-corrected chi connectivity index (χ3v) is 5.12. The minimum atomic E-state index is 0.0272. The van der Waals surface area contributed by atoms with E-state index in [4.69, 9.17) is 9.47 Å². The number of aryl methyl sites for hydroxylation is 1. The Labute approximate surface area is 151 Å². The van der Waals surface area contributed by atoms with E-state index in [9.17, 15) is 0 Å². The minimum Gasteiger partial charge on any atom is -0.485 e. The largest absolute Gasteiger partial charge is 0.485 e. The van der Waals surface area contributed by atoms with E-state index in [1.807, 2.05) is 19.1 Å². The van der Waals surface area contributed by atoms with Crippen molar-refractivity contribution < 1.29 is 9.47 Å². The van der Waals surface area contributed by atoms with E-state index in [1.165, 1.54) is 0 Å². The Morgan fingerprint density at radius 1 is 1.20 bits per heavy atom. The highest BCUT2D eigenvalue weighted by Crippen LogP contribution is 2.29.